The quantitative estimate of drug-likeness (QED) is 0.274. The molecule has 0 unspecified atom stereocenters. The molecule has 0 aromatic heterocycles. The van der Waals surface area contributed by atoms with Gasteiger partial charge < -0.3 is 4.90 Å². The van der Waals surface area contributed by atoms with Crippen LogP contribution in [0.4, 0.5) is 17.1 Å². The van der Waals surface area contributed by atoms with E-state index in [-0.39, 0.29) is 0 Å². The summed E-state index contributed by atoms with van der Waals surface area (Å²) in [6.07, 6.45) is 1.89. The third kappa shape index (κ3) is 3.44. The molecular formula is C32H23N. The van der Waals surface area contributed by atoms with Crippen LogP contribution in [0.2, 0.25) is 0 Å². The van der Waals surface area contributed by atoms with Crippen molar-refractivity contribution in [2.75, 3.05) is 4.90 Å². The molecule has 0 N–H and O–H groups in total. The second-order valence-corrected chi connectivity index (χ2v) is 8.36. The minimum atomic E-state index is 1.13. The summed E-state index contributed by atoms with van der Waals surface area (Å²) in [5, 5.41) is 7.37. The number of nitrogens with zero attached hydrogens (tertiary/aromatic N) is 1. The molecule has 0 atom stereocenters. The van der Waals surface area contributed by atoms with E-state index in [2.05, 4.69) is 133 Å². The van der Waals surface area contributed by atoms with Gasteiger partial charge in [0.15, 0.2) is 0 Å². The Labute approximate surface area is 193 Å². The summed E-state index contributed by atoms with van der Waals surface area (Å²) in [6.45, 7) is 3.91. The zero-order valence-electron chi connectivity index (χ0n) is 18.3. The van der Waals surface area contributed by atoms with E-state index in [9.17, 15) is 0 Å². The molecule has 0 amide bonds. The highest BCUT2D eigenvalue weighted by Gasteiger charge is 2.16. The average Bonchev–Trinajstić information content (AvgIpc) is 2.88. The van der Waals surface area contributed by atoms with Gasteiger partial charge in [0.2, 0.25) is 0 Å². The number of hydrogen-bond donors (Lipinski definition) is 0. The lowest BCUT2D eigenvalue weighted by atomic mass is 10.0. The monoisotopic (exact) mass is 421 g/mol. The van der Waals surface area contributed by atoms with Crippen LogP contribution in [0.25, 0.3) is 38.4 Å². The standard InChI is InChI=1S/C32H23N/c1-2-23-14-15-28-22-30(19-17-27(28)20-23)33(29-18-16-24-8-3-4-10-26(24)21-29)32-13-7-11-25-9-5-6-12-31(25)32/h2-22H,1H2. The van der Waals surface area contributed by atoms with Gasteiger partial charge in [-0.2, -0.15) is 0 Å². The molecule has 0 fully saturated rings. The van der Waals surface area contributed by atoms with Gasteiger partial charge in [-0.25, -0.2) is 0 Å². The molecule has 0 aliphatic rings. The third-order valence-corrected chi connectivity index (χ3v) is 6.34. The number of rotatable bonds is 4. The molecule has 0 saturated carbocycles. The van der Waals surface area contributed by atoms with E-state index in [4.69, 9.17) is 0 Å². The van der Waals surface area contributed by atoms with Crippen molar-refractivity contribution >= 4 is 55.5 Å². The summed E-state index contributed by atoms with van der Waals surface area (Å²) in [5.41, 5.74) is 4.59. The van der Waals surface area contributed by atoms with Crippen LogP contribution >= 0.6 is 0 Å². The lowest BCUT2D eigenvalue weighted by Gasteiger charge is -2.27. The molecule has 0 bridgehead atoms. The fraction of sp³-hybridized carbons (Fsp3) is 0. The molecule has 6 aromatic carbocycles. The molecule has 6 aromatic rings. The van der Waals surface area contributed by atoms with Crippen molar-refractivity contribution in [2.45, 2.75) is 0 Å². The summed E-state index contributed by atoms with van der Waals surface area (Å²) in [6, 6.07) is 43.5. The molecule has 0 saturated heterocycles. The second-order valence-electron chi connectivity index (χ2n) is 8.36. The fourth-order valence-corrected chi connectivity index (χ4v) is 4.66. The molecule has 6 rings (SSSR count). The lowest BCUT2D eigenvalue weighted by Crippen LogP contribution is -2.10. The Bertz CT molecular complexity index is 1640. The van der Waals surface area contributed by atoms with Crippen LogP contribution in [-0.2, 0) is 0 Å². The van der Waals surface area contributed by atoms with Crippen molar-refractivity contribution in [3.8, 4) is 0 Å². The molecule has 156 valence electrons. The Morgan fingerprint density at radius 3 is 1.85 bits per heavy atom. The zero-order chi connectivity index (χ0) is 22.2. The van der Waals surface area contributed by atoms with Crippen LogP contribution in [0.3, 0.4) is 0 Å². The lowest BCUT2D eigenvalue weighted by molar-refractivity contribution is 1.31. The first kappa shape index (κ1) is 19.3. The Balaban J connectivity index is 1.61. The smallest absolute Gasteiger partial charge is 0.0540 e. The molecule has 0 aliphatic carbocycles. The van der Waals surface area contributed by atoms with E-state index in [1.54, 1.807) is 0 Å². The van der Waals surface area contributed by atoms with Gasteiger partial charge in [-0.3, -0.25) is 0 Å². The van der Waals surface area contributed by atoms with E-state index in [1.165, 1.54) is 38.0 Å². The summed E-state index contributed by atoms with van der Waals surface area (Å²) in [5.74, 6) is 0. The topological polar surface area (TPSA) is 3.24 Å². The fourth-order valence-electron chi connectivity index (χ4n) is 4.66. The summed E-state index contributed by atoms with van der Waals surface area (Å²) in [7, 11) is 0. The van der Waals surface area contributed by atoms with Crippen molar-refractivity contribution in [1.82, 2.24) is 0 Å². The first-order valence-electron chi connectivity index (χ1n) is 11.2. The van der Waals surface area contributed by atoms with E-state index < -0.39 is 0 Å². The number of benzene rings is 6. The number of hydrogen-bond acceptors (Lipinski definition) is 1. The highest BCUT2D eigenvalue weighted by molar-refractivity contribution is 6.01. The highest BCUT2D eigenvalue weighted by Crippen LogP contribution is 2.40. The normalized spacial score (nSPS) is 11.2. The first-order chi connectivity index (χ1) is 16.3. The van der Waals surface area contributed by atoms with Crippen LogP contribution < -0.4 is 4.90 Å². The summed E-state index contributed by atoms with van der Waals surface area (Å²) >= 11 is 0. The van der Waals surface area contributed by atoms with Gasteiger partial charge in [0.05, 0.1) is 5.69 Å². The van der Waals surface area contributed by atoms with Crippen molar-refractivity contribution in [3.05, 3.63) is 133 Å². The van der Waals surface area contributed by atoms with Gasteiger partial charge in [0.1, 0.15) is 0 Å². The SMILES string of the molecule is C=Cc1ccc2cc(N(c3ccc4ccccc4c3)c3cccc4ccccc34)ccc2c1. The molecule has 33 heavy (non-hydrogen) atoms. The molecule has 0 heterocycles. The van der Waals surface area contributed by atoms with Crippen LogP contribution in [0.5, 0.6) is 0 Å². The maximum absolute atomic E-state index is 3.91. The molecule has 1 nitrogen and oxygen atoms in total. The maximum atomic E-state index is 3.91. The van der Waals surface area contributed by atoms with Crippen LogP contribution in [0.15, 0.2) is 128 Å². The van der Waals surface area contributed by atoms with Gasteiger partial charge in [-0.1, -0.05) is 97.6 Å². The average molecular weight is 422 g/mol. The Hall–Kier alpha value is -4.36. The molecule has 0 spiro atoms. The summed E-state index contributed by atoms with van der Waals surface area (Å²) < 4.78 is 0. The minimum absolute atomic E-state index is 1.13. The van der Waals surface area contributed by atoms with Crippen LogP contribution in [0, 0.1) is 0 Å². The Morgan fingerprint density at radius 1 is 0.485 bits per heavy atom. The molecule has 0 aliphatic heterocycles. The number of fused-ring (bicyclic) bond motifs is 3. The van der Waals surface area contributed by atoms with E-state index in [1.807, 2.05) is 6.08 Å². The number of anilines is 3. The van der Waals surface area contributed by atoms with Crippen molar-refractivity contribution in [1.29, 1.82) is 0 Å². The highest BCUT2D eigenvalue weighted by atomic mass is 15.1. The Morgan fingerprint density at radius 2 is 1.06 bits per heavy atom. The van der Waals surface area contributed by atoms with Gasteiger partial charge in [0.25, 0.3) is 0 Å². The van der Waals surface area contributed by atoms with Gasteiger partial charge in [-0.05, 0) is 68.9 Å². The van der Waals surface area contributed by atoms with Crippen molar-refractivity contribution < 1.29 is 0 Å². The Kier molecular flexibility index (Phi) is 4.66. The largest absolute Gasteiger partial charge is 0.310 e. The van der Waals surface area contributed by atoms with Gasteiger partial charge >= 0.3 is 0 Å². The maximum Gasteiger partial charge on any atom is 0.0540 e. The molecule has 1 heteroatoms. The predicted octanol–water partition coefficient (Wildman–Crippen LogP) is 9.26. The van der Waals surface area contributed by atoms with E-state index in [0.717, 1.165) is 16.9 Å². The van der Waals surface area contributed by atoms with Gasteiger partial charge in [0, 0.05) is 16.8 Å². The first-order valence-corrected chi connectivity index (χ1v) is 11.2. The molecule has 0 radical (unpaired) electrons. The van der Waals surface area contributed by atoms with Gasteiger partial charge in [-0.15, -0.1) is 0 Å². The second kappa shape index (κ2) is 7.96. The van der Waals surface area contributed by atoms with Crippen molar-refractivity contribution in [3.63, 3.8) is 0 Å². The minimum Gasteiger partial charge on any atom is -0.310 e. The predicted molar refractivity (Wildman–Crippen MR) is 144 cm³/mol. The van der Waals surface area contributed by atoms with Crippen LogP contribution in [0.1, 0.15) is 5.56 Å². The zero-order valence-corrected chi connectivity index (χ0v) is 18.3. The molecular weight excluding hydrogens is 398 g/mol. The summed E-state index contributed by atoms with van der Waals surface area (Å²) in [4.78, 5) is 2.37. The van der Waals surface area contributed by atoms with Crippen LogP contribution in [-0.4, -0.2) is 0 Å². The van der Waals surface area contributed by atoms with Crippen molar-refractivity contribution in [2.24, 2.45) is 0 Å². The van der Waals surface area contributed by atoms with E-state index >= 15 is 0 Å². The third-order valence-electron chi connectivity index (χ3n) is 6.34. The van der Waals surface area contributed by atoms with E-state index in [0.29, 0.717) is 0 Å².